The maximum atomic E-state index is 12.5. The standard InChI is InChI=1S/C13H16ClN3O3/c1-15-5-2-6-16(8-7-15)13(18)11-9-10(17(19)20)3-4-12(11)14/h3-4,9H,2,5-8H2,1H3. The van der Waals surface area contributed by atoms with Crippen molar-refractivity contribution in [2.24, 2.45) is 0 Å². The molecule has 0 radical (unpaired) electrons. The monoisotopic (exact) mass is 297 g/mol. The number of rotatable bonds is 2. The van der Waals surface area contributed by atoms with Gasteiger partial charge in [-0.2, -0.15) is 0 Å². The maximum Gasteiger partial charge on any atom is 0.270 e. The molecule has 1 aromatic rings. The Morgan fingerprint density at radius 3 is 2.75 bits per heavy atom. The van der Waals surface area contributed by atoms with Crippen LogP contribution in [-0.4, -0.2) is 53.9 Å². The first-order chi connectivity index (χ1) is 9.49. The molecule has 1 aliphatic rings. The van der Waals surface area contributed by atoms with E-state index in [1.807, 2.05) is 7.05 Å². The van der Waals surface area contributed by atoms with Gasteiger partial charge in [0, 0.05) is 31.8 Å². The Balaban J connectivity index is 2.23. The minimum Gasteiger partial charge on any atom is -0.337 e. The second-order valence-corrected chi connectivity index (χ2v) is 5.28. The van der Waals surface area contributed by atoms with Crippen LogP contribution < -0.4 is 0 Å². The summed E-state index contributed by atoms with van der Waals surface area (Å²) in [5.41, 5.74) is 0.0788. The number of halogens is 1. The van der Waals surface area contributed by atoms with Gasteiger partial charge in [-0.25, -0.2) is 0 Å². The number of hydrogen-bond donors (Lipinski definition) is 0. The fourth-order valence-electron chi connectivity index (χ4n) is 2.21. The number of likely N-dealkylation sites (N-methyl/N-ethyl adjacent to an activating group) is 1. The van der Waals surface area contributed by atoms with E-state index in [1.165, 1.54) is 18.2 Å². The molecule has 1 fully saturated rings. The summed E-state index contributed by atoms with van der Waals surface area (Å²) in [5.74, 6) is -0.242. The van der Waals surface area contributed by atoms with Crippen LogP contribution in [0.25, 0.3) is 0 Å². The van der Waals surface area contributed by atoms with Gasteiger partial charge in [0.1, 0.15) is 0 Å². The lowest BCUT2D eigenvalue weighted by molar-refractivity contribution is -0.384. The van der Waals surface area contributed by atoms with E-state index in [0.717, 1.165) is 19.5 Å². The first-order valence-electron chi connectivity index (χ1n) is 6.41. The van der Waals surface area contributed by atoms with Gasteiger partial charge in [0.05, 0.1) is 15.5 Å². The molecule has 0 aliphatic carbocycles. The summed E-state index contributed by atoms with van der Waals surface area (Å²) in [6.07, 6.45) is 0.884. The van der Waals surface area contributed by atoms with Crippen molar-refractivity contribution in [3.8, 4) is 0 Å². The molecule has 1 aromatic carbocycles. The summed E-state index contributed by atoms with van der Waals surface area (Å²) in [4.78, 5) is 26.6. The third kappa shape index (κ3) is 3.26. The number of nitro groups is 1. The highest BCUT2D eigenvalue weighted by molar-refractivity contribution is 6.33. The molecule has 0 unspecified atom stereocenters. The van der Waals surface area contributed by atoms with Crippen LogP contribution in [0.4, 0.5) is 5.69 Å². The van der Waals surface area contributed by atoms with E-state index < -0.39 is 4.92 Å². The van der Waals surface area contributed by atoms with Gasteiger partial charge < -0.3 is 9.80 Å². The van der Waals surface area contributed by atoms with Gasteiger partial charge in [-0.15, -0.1) is 0 Å². The SMILES string of the molecule is CN1CCCN(C(=O)c2cc([N+](=O)[O-])ccc2Cl)CC1. The number of nitro benzene ring substituents is 1. The lowest BCUT2D eigenvalue weighted by Gasteiger charge is -2.21. The van der Waals surface area contributed by atoms with Crippen LogP contribution in [0, 0.1) is 10.1 Å². The molecule has 1 heterocycles. The van der Waals surface area contributed by atoms with E-state index in [1.54, 1.807) is 4.90 Å². The molecule has 0 N–H and O–H groups in total. The summed E-state index contributed by atoms with van der Waals surface area (Å²) >= 11 is 6.00. The van der Waals surface area contributed by atoms with Crippen molar-refractivity contribution in [3.05, 3.63) is 38.9 Å². The largest absolute Gasteiger partial charge is 0.337 e. The van der Waals surface area contributed by atoms with Gasteiger partial charge in [0.2, 0.25) is 0 Å². The zero-order valence-corrected chi connectivity index (χ0v) is 12.0. The minimum absolute atomic E-state index is 0.121. The Labute approximate surface area is 122 Å². The molecule has 108 valence electrons. The van der Waals surface area contributed by atoms with Crippen molar-refractivity contribution in [1.29, 1.82) is 0 Å². The summed E-state index contributed by atoms with van der Waals surface area (Å²) in [6, 6.07) is 3.95. The molecule has 20 heavy (non-hydrogen) atoms. The maximum absolute atomic E-state index is 12.5. The van der Waals surface area contributed by atoms with Crippen LogP contribution in [0.15, 0.2) is 18.2 Å². The Bertz CT molecular complexity index is 536. The molecule has 1 saturated heterocycles. The molecule has 0 saturated carbocycles. The van der Waals surface area contributed by atoms with Gasteiger partial charge in [0.15, 0.2) is 0 Å². The van der Waals surface area contributed by atoms with Crippen molar-refractivity contribution in [2.45, 2.75) is 6.42 Å². The highest BCUT2D eigenvalue weighted by Gasteiger charge is 2.22. The lowest BCUT2D eigenvalue weighted by atomic mass is 10.1. The van der Waals surface area contributed by atoms with Crippen molar-refractivity contribution in [3.63, 3.8) is 0 Å². The van der Waals surface area contributed by atoms with E-state index in [0.29, 0.717) is 13.1 Å². The van der Waals surface area contributed by atoms with Crippen molar-refractivity contribution >= 4 is 23.2 Å². The van der Waals surface area contributed by atoms with Crippen LogP contribution in [0.3, 0.4) is 0 Å². The van der Waals surface area contributed by atoms with Crippen LogP contribution in [-0.2, 0) is 0 Å². The Morgan fingerprint density at radius 1 is 1.30 bits per heavy atom. The third-order valence-corrected chi connectivity index (χ3v) is 3.73. The molecule has 1 aliphatic heterocycles. The topological polar surface area (TPSA) is 66.7 Å². The Morgan fingerprint density at radius 2 is 2.05 bits per heavy atom. The normalized spacial score (nSPS) is 16.8. The predicted molar refractivity (Wildman–Crippen MR) is 76.1 cm³/mol. The van der Waals surface area contributed by atoms with E-state index in [4.69, 9.17) is 11.6 Å². The van der Waals surface area contributed by atoms with Crippen molar-refractivity contribution in [2.75, 3.05) is 33.2 Å². The number of hydrogen-bond acceptors (Lipinski definition) is 4. The quantitative estimate of drug-likeness (QED) is 0.619. The summed E-state index contributed by atoms with van der Waals surface area (Å²) in [5, 5.41) is 11.0. The van der Waals surface area contributed by atoms with Crippen LogP contribution in [0.2, 0.25) is 5.02 Å². The summed E-state index contributed by atoms with van der Waals surface area (Å²) in [6.45, 7) is 2.97. The van der Waals surface area contributed by atoms with E-state index in [2.05, 4.69) is 4.90 Å². The smallest absolute Gasteiger partial charge is 0.270 e. The van der Waals surface area contributed by atoms with Gasteiger partial charge >= 0.3 is 0 Å². The number of amides is 1. The first-order valence-corrected chi connectivity index (χ1v) is 6.78. The summed E-state index contributed by atoms with van der Waals surface area (Å²) in [7, 11) is 2.01. The van der Waals surface area contributed by atoms with Crippen LogP contribution in [0.1, 0.15) is 16.8 Å². The number of benzene rings is 1. The molecule has 1 amide bonds. The molecule has 0 bridgehead atoms. The van der Waals surface area contributed by atoms with Crippen LogP contribution in [0.5, 0.6) is 0 Å². The molecule has 7 heteroatoms. The number of carbonyl (C=O) groups excluding carboxylic acids is 1. The van der Waals surface area contributed by atoms with E-state index >= 15 is 0 Å². The zero-order valence-electron chi connectivity index (χ0n) is 11.2. The molecule has 6 nitrogen and oxygen atoms in total. The fourth-order valence-corrected chi connectivity index (χ4v) is 2.41. The average molecular weight is 298 g/mol. The van der Waals surface area contributed by atoms with E-state index in [9.17, 15) is 14.9 Å². The predicted octanol–water partition coefficient (Wildman–Crippen LogP) is 2.03. The average Bonchev–Trinajstić information content (AvgIpc) is 2.63. The van der Waals surface area contributed by atoms with Gasteiger partial charge in [-0.1, -0.05) is 11.6 Å². The Hall–Kier alpha value is -1.66. The third-order valence-electron chi connectivity index (χ3n) is 3.40. The lowest BCUT2D eigenvalue weighted by Crippen LogP contribution is -2.34. The van der Waals surface area contributed by atoms with Crippen molar-refractivity contribution < 1.29 is 9.72 Å². The molecular weight excluding hydrogens is 282 g/mol. The van der Waals surface area contributed by atoms with Gasteiger partial charge in [0.25, 0.3) is 11.6 Å². The minimum atomic E-state index is -0.524. The fraction of sp³-hybridized carbons (Fsp3) is 0.462. The van der Waals surface area contributed by atoms with Crippen molar-refractivity contribution in [1.82, 2.24) is 9.80 Å². The molecular formula is C13H16ClN3O3. The molecule has 2 rings (SSSR count). The van der Waals surface area contributed by atoms with Crippen LogP contribution >= 0.6 is 11.6 Å². The number of carbonyl (C=O) groups is 1. The number of non-ortho nitro benzene ring substituents is 1. The second kappa shape index (κ2) is 6.19. The highest BCUT2D eigenvalue weighted by Crippen LogP contribution is 2.23. The molecule has 0 spiro atoms. The zero-order chi connectivity index (χ0) is 14.7. The van der Waals surface area contributed by atoms with E-state index in [-0.39, 0.29) is 22.2 Å². The number of nitrogens with zero attached hydrogens (tertiary/aromatic N) is 3. The molecule has 0 aromatic heterocycles. The highest BCUT2D eigenvalue weighted by atomic mass is 35.5. The molecule has 0 atom stereocenters. The van der Waals surface area contributed by atoms with Gasteiger partial charge in [-0.05, 0) is 26.1 Å². The van der Waals surface area contributed by atoms with Gasteiger partial charge in [-0.3, -0.25) is 14.9 Å². The Kier molecular flexibility index (Phi) is 4.57. The first kappa shape index (κ1) is 14.7. The second-order valence-electron chi connectivity index (χ2n) is 4.87. The summed E-state index contributed by atoms with van der Waals surface area (Å²) < 4.78 is 0.